The Morgan fingerprint density at radius 3 is 2.94 bits per heavy atom. The van der Waals surface area contributed by atoms with Gasteiger partial charge >= 0.3 is 0 Å². The average Bonchev–Trinajstić information content (AvgIpc) is 2.39. The number of nitrogens with one attached hydrogen (secondary N) is 1. The van der Waals surface area contributed by atoms with E-state index in [4.69, 9.17) is 0 Å². The SMILES string of the molecule is CCN(Cc1cccc(C)n1)CC1CCCCN1. The Bertz CT molecular complexity index is 359. The van der Waals surface area contributed by atoms with E-state index in [-0.39, 0.29) is 0 Å². The fourth-order valence-electron chi connectivity index (χ4n) is 2.61. The quantitative estimate of drug-likeness (QED) is 0.865. The van der Waals surface area contributed by atoms with Gasteiger partial charge in [-0.15, -0.1) is 0 Å². The number of hydrogen-bond acceptors (Lipinski definition) is 3. The van der Waals surface area contributed by atoms with E-state index in [1.54, 1.807) is 0 Å². The Kier molecular flexibility index (Phi) is 5.14. The third kappa shape index (κ3) is 4.07. The highest BCUT2D eigenvalue weighted by atomic mass is 15.2. The minimum atomic E-state index is 0.670. The Balaban J connectivity index is 1.88. The number of piperidine rings is 1. The Labute approximate surface area is 111 Å². The van der Waals surface area contributed by atoms with E-state index in [1.165, 1.54) is 31.5 Å². The lowest BCUT2D eigenvalue weighted by Gasteiger charge is -2.29. The van der Waals surface area contributed by atoms with Gasteiger partial charge in [-0.2, -0.15) is 0 Å². The van der Waals surface area contributed by atoms with Gasteiger partial charge in [-0.1, -0.05) is 19.4 Å². The number of nitrogens with zero attached hydrogens (tertiary/aromatic N) is 2. The number of pyridine rings is 1. The predicted molar refractivity (Wildman–Crippen MR) is 75.6 cm³/mol. The summed E-state index contributed by atoms with van der Waals surface area (Å²) < 4.78 is 0. The largest absolute Gasteiger partial charge is 0.313 e. The molecule has 0 spiro atoms. The molecule has 1 fully saturated rings. The van der Waals surface area contributed by atoms with Crippen LogP contribution in [0.3, 0.4) is 0 Å². The second-order valence-corrected chi connectivity index (χ2v) is 5.24. The second kappa shape index (κ2) is 6.86. The molecule has 0 saturated carbocycles. The second-order valence-electron chi connectivity index (χ2n) is 5.24. The monoisotopic (exact) mass is 247 g/mol. The van der Waals surface area contributed by atoms with Crippen molar-refractivity contribution in [3.8, 4) is 0 Å². The molecule has 0 bridgehead atoms. The molecule has 1 saturated heterocycles. The molecule has 3 nitrogen and oxygen atoms in total. The fraction of sp³-hybridized carbons (Fsp3) is 0.667. The van der Waals surface area contributed by atoms with Crippen molar-refractivity contribution in [2.45, 2.75) is 45.7 Å². The summed E-state index contributed by atoms with van der Waals surface area (Å²) in [5, 5.41) is 3.62. The van der Waals surface area contributed by atoms with Crippen LogP contribution in [0.2, 0.25) is 0 Å². The Morgan fingerprint density at radius 2 is 2.28 bits per heavy atom. The van der Waals surface area contributed by atoms with E-state index in [2.05, 4.69) is 47.2 Å². The number of rotatable bonds is 5. The summed E-state index contributed by atoms with van der Waals surface area (Å²) in [7, 11) is 0. The lowest BCUT2D eigenvalue weighted by atomic mass is 10.0. The molecule has 2 heterocycles. The smallest absolute Gasteiger partial charge is 0.0547 e. The molecule has 1 aromatic heterocycles. The summed E-state index contributed by atoms with van der Waals surface area (Å²) in [6, 6.07) is 6.96. The van der Waals surface area contributed by atoms with Crippen molar-refractivity contribution in [2.75, 3.05) is 19.6 Å². The van der Waals surface area contributed by atoms with Crippen molar-refractivity contribution in [3.05, 3.63) is 29.6 Å². The molecule has 1 unspecified atom stereocenters. The summed E-state index contributed by atoms with van der Waals surface area (Å²) in [6.45, 7) is 8.68. The standard InChI is InChI=1S/C15H25N3/c1-3-18(11-14-8-4-5-10-16-14)12-15-9-6-7-13(2)17-15/h6-7,9,14,16H,3-5,8,10-12H2,1-2H3. The molecule has 3 heteroatoms. The fourth-order valence-corrected chi connectivity index (χ4v) is 2.61. The molecule has 2 rings (SSSR count). The molecule has 18 heavy (non-hydrogen) atoms. The van der Waals surface area contributed by atoms with Crippen LogP contribution in [0.1, 0.15) is 37.6 Å². The van der Waals surface area contributed by atoms with Crippen LogP contribution in [0.15, 0.2) is 18.2 Å². The molecule has 0 aliphatic carbocycles. The van der Waals surface area contributed by atoms with E-state index in [9.17, 15) is 0 Å². The lowest BCUT2D eigenvalue weighted by molar-refractivity contribution is 0.224. The first kappa shape index (κ1) is 13.5. The van der Waals surface area contributed by atoms with Crippen LogP contribution in [-0.4, -0.2) is 35.6 Å². The molecule has 1 N–H and O–H groups in total. The van der Waals surface area contributed by atoms with E-state index in [1.807, 2.05) is 0 Å². The first-order valence-electron chi connectivity index (χ1n) is 7.16. The summed E-state index contributed by atoms with van der Waals surface area (Å²) in [5.41, 5.74) is 2.30. The maximum Gasteiger partial charge on any atom is 0.0547 e. The number of aromatic nitrogens is 1. The highest BCUT2D eigenvalue weighted by molar-refractivity contribution is 5.09. The molecule has 0 amide bonds. The first-order valence-corrected chi connectivity index (χ1v) is 7.16. The summed E-state index contributed by atoms with van der Waals surface area (Å²) in [5.74, 6) is 0. The molecular weight excluding hydrogens is 222 g/mol. The molecule has 100 valence electrons. The van der Waals surface area contributed by atoms with Crippen molar-refractivity contribution < 1.29 is 0 Å². The highest BCUT2D eigenvalue weighted by Crippen LogP contribution is 2.10. The van der Waals surface area contributed by atoms with Crippen LogP contribution < -0.4 is 5.32 Å². The molecule has 1 atom stereocenters. The zero-order valence-electron chi connectivity index (χ0n) is 11.7. The molecule has 1 aromatic rings. The van der Waals surface area contributed by atoms with Crippen molar-refractivity contribution in [3.63, 3.8) is 0 Å². The van der Waals surface area contributed by atoms with Gasteiger partial charge < -0.3 is 5.32 Å². The third-order valence-corrected chi connectivity index (χ3v) is 3.67. The van der Waals surface area contributed by atoms with Crippen molar-refractivity contribution in [1.29, 1.82) is 0 Å². The van der Waals surface area contributed by atoms with Gasteiger partial charge in [0.15, 0.2) is 0 Å². The Morgan fingerprint density at radius 1 is 1.39 bits per heavy atom. The topological polar surface area (TPSA) is 28.2 Å². The zero-order valence-corrected chi connectivity index (χ0v) is 11.7. The van der Waals surface area contributed by atoms with Crippen LogP contribution in [-0.2, 0) is 6.54 Å². The maximum atomic E-state index is 4.59. The number of aryl methyl sites for hydroxylation is 1. The van der Waals surface area contributed by atoms with Crippen LogP contribution in [0, 0.1) is 6.92 Å². The van der Waals surface area contributed by atoms with Crippen LogP contribution in [0.5, 0.6) is 0 Å². The van der Waals surface area contributed by atoms with Gasteiger partial charge in [0, 0.05) is 24.8 Å². The summed E-state index contributed by atoms with van der Waals surface area (Å²) in [4.78, 5) is 7.08. The molecular formula is C15H25N3. The van der Waals surface area contributed by atoms with Crippen molar-refractivity contribution in [2.24, 2.45) is 0 Å². The molecule has 1 aliphatic rings. The minimum absolute atomic E-state index is 0.670. The van der Waals surface area contributed by atoms with Crippen molar-refractivity contribution in [1.82, 2.24) is 15.2 Å². The average molecular weight is 247 g/mol. The van der Waals surface area contributed by atoms with Gasteiger partial charge in [-0.05, 0) is 45.0 Å². The van der Waals surface area contributed by atoms with E-state index >= 15 is 0 Å². The van der Waals surface area contributed by atoms with Gasteiger partial charge in [0.1, 0.15) is 0 Å². The van der Waals surface area contributed by atoms with Crippen LogP contribution in [0.25, 0.3) is 0 Å². The van der Waals surface area contributed by atoms with E-state index in [0.29, 0.717) is 6.04 Å². The Hall–Kier alpha value is -0.930. The van der Waals surface area contributed by atoms with E-state index in [0.717, 1.165) is 25.3 Å². The number of likely N-dealkylation sites (N-methyl/N-ethyl adjacent to an activating group) is 1. The van der Waals surface area contributed by atoms with Crippen LogP contribution >= 0.6 is 0 Å². The minimum Gasteiger partial charge on any atom is -0.313 e. The van der Waals surface area contributed by atoms with Gasteiger partial charge in [0.25, 0.3) is 0 Å². The van der Waals surface area contributed by atoms with Gasteiger partial charge in [0.05, 0.1) is 5.69 Å². The number of hydrogen-bond donors (Lipinski definition) is 1. The summed E-state index contributed by atoms with van der Waals surface area (Å²) >= 11 is 0. The normalized spacial score (nSPS) is 20.3. The zero-order chi connectivity index (χ0) is 12.8. The van der Waals surface area contributed by atoms with E-state index < -0.39 is 0 Å². The lowest BCUT2D eigenvalue weighted by Crippen LogP contribution is -2.43. The van der Waals surface area contributed by atoms with Crippen molar-refractivity contribution >= 4 is 0 Å². The maximum absolute atomic E-state index is 4.59. The third-order valence-electron chi connectivity index (χ3n) is 3.67. The predicted octanol–water partition coefficient (Wildman–Crippen LogP) is 2.35. The molecule has 1 aliphatic heterocycles. The van der Waals surface area contributed by atoms with Gasteiger partial charge in [-0.3, -0.25) is 9.88 Å². The van der Waals surface area contributed by atoms with Gasteiger partial charge in [-0.25, -0.2) is 0 Å². The van der Waals surface area contributed by atoms with Gasteiger partial charge in [0.2, 0.25) is 0 Å². The summed E-state index contributed by atoms with van der Waals surface area (Å²) in [6.07, 6.45) is 4.03. The van der Waals surface area contributed by atoms with Crippen LogP contribution in [0.4, 0.5) is 0 Å². The first-order chi connectivity index (χ1) is 8.78. The highest BCUT2D eigenvalue weighted by Gasteiger charge is 2.16. The molecule has 0 radical (unpaired) electrons. The molecule has 0 aromatic carbocycles.